The molecule has 0 saturated heterocycles. The van der Waals surface area contributed by atoms with Gasteiger partial charge in [-0.05, 0) is 61.2 Å². The topological polar surface area (TPSA) is 45.6 Å². The van der Waals surface area contributed by atoms with Gasteiger partial charge in [0.05, 0.1) is 24.7 Å². The monoisotopic (exact) mass is 395 g/mol. The van der Waals surface area contributed by atoms with E-state index in [0.29, 0.717) is 19.5 Å². The molecule has 1 unspecified atom stereocenters. The van der Waals surface area contributed by atoms with E-state index in [-0.39, 0.29) is 11.9 Å². The van der Waals surface area contributed by atoms with Gasteiger partial charge >= 0.3 is 0 Å². The predicted molar refractivity (Wildman–Crippen MR) is 119 cm³/mol. The largest absolute Gasteiger partial charge is 0.331 e. The van der Waals surface area contributed by atoms with Crippen LogP contribution in [-0.4, -0.2) is 21.5 Å². The van der Waals surface area contributed by atoms with Crippen molar-refractivity contribution in [3.05, 3.63) is 99.4 Å². The van der Waals surface area contributed by atoms with Crippen molar-refractivity contribution in [1.82, 2.24) is 9.88 Å². The van der Waals surface area contributed by atoms with Crippen LogP contribution in [0.5, 0.6) is 0 Å². The maximum atomic E-state index is 13.0. The summed E-state index contributed by atoms with van der Waals surface area (Å²) in [7, 11) is 0. The number of amides is 1. The summed E-state index contributed by atoms with van der Waals surface area (Å²) >= 11 is 0. The molecule has 1 aromatic heterocycles. The van der Waals surface area contributed by atoms with E-state index in [1.165, 1.54) is 27.8 Å². The third-order valence-electron chi connectivity index (χ3n) is 6.29. The molecule has 0 spiro atoms. The van der Waals surface area contributed by atoms with Gasteiger partial charge in [0.2, 0.25) is 5.91 Å². The molecule has 0 aliphatic carbocycles. The Balaban J connectivity index is 1.48. The summed E-state index contributed by atoms with van der Waals surface area (Å²) in [6, 6.07) is 17.1. The van der Waals surface area contributed by atoms with Gasteiger partial charge in [0.15, 0.2) is 0 Å². The summed E-state index contributed by atoms with van der Waals surface area (Å²) < 4.78 is 0. The van der Waals surface area contributed by atoms with E-state index >= 15 is 0 Å². The summed E-state index contributed by atoms with van der Waals surface area (Å²) in [5.74, 6) is 0.194. The van der Waals surface area contributed by atoms with Crippen LogP contribution in [0.2, 0.25) is 0 Å². The quantitative estimate of drug-likeness (QED) is 0.646. The van der Waals surface area contributed by atoms with Gasteiger partial charge in [0.25, 0.3) is 0 Å². The molecule has 5 rings (SSSR count). The van der Waals surface area contributed by atoms with Crippen molar-refractivity contribution in [1.29, 1.82) is 0 Å². The van der Waals surface area contributed by atoms with Crippen molar-refractivity contribution >= 4 is 11.6 Å². The van der Waals surface area contributed by atoms with Crippen LogP contribution in [-0.2, 0) is 24.3 Å². The Morgan fingerprint density at radius 1 is 0.967 bits per heavy atom. The fourth-order valence-corrected chi connectivity index (χ4v) is 4.51. The zero-order valence-electron chi connectivity index (χ0n) is 17.6. The first-order valence-electron chi connectivity index (χ1n) is 10.5. The van der Waals surface area contributed by atoms with Crippen LogP contribution in [0.1, 0.15) is 57.6 Å². The highest BCUT2D eigenvalue weighted by molar-refractivity contribution is 6.15. The molecule has 3 aromatic rings. The van der Waals surface area contributed by atoms with E-state index in [4.69, 9.17) is 4.99 Å². The second-order valence-corrected chi connectivity index (χ2v) is 8.41. The van der Waals surface area contributed by atoms with E-state index in [1.54, 1.807) is 0 Å². The molecule has 0 radical (unpaired) electrons. The van der Waals surface area contributed by atoms with Gasteiger partial charge in [-0.2, -0.15) is 0 Å². The summed E-state index contributed by atoms with van der Waals surface area (Å²) in [6.07, 6.45) is 2.30. The standard InChI is InChI=1S/C26H25N3O/c1-16-4-6-19(7-5-16)18(3)29-15-23-12-24-22(11-21(23)13-25(29)30)14-28-26(24)20-8-9-27-17(2)10-20/h4-12,18H,13-15H2,1-3H3. The number of carbonyl (C=O) groups excluding carboxylic acids is 1. The lowest BCUT2D eigenvalue weighted by Crippen LogP contribution is -2.38. The molecule has 4 heteroatoms. The molecule has 2 aliphatic heterocycles. The number of hydrogen-bond donors (Lipinski definition) is 0. The molecule has 3 heterocycles. The first-order chi connectivity index (χ1) is 14.5. The number of fused-ring (bicyclic) bond motifs is 2. The van der Waals surface area contributed by atoms with Crippen molar-refractivity contribution in [2.45, 2.75) is 46.3 Å². The summed E-state index contributed by atoms with van der Waals surface area (Å²) in [6.45, 7) is 7.52. The van der Waals surface area contributed by atoms with Crippen LogP contribution in [0.3, 0.4) is 0 Å². The highest BCUT2D eigenvalue weighted by Crippen LogP contribution is 2.33. The Hall–Kier alpha value is -3.27. The van der Waals surface area contributed by atoms with Crippen LogP contribution in [0.15, 0.2) is 59.7 Å². The number of rotatable bonds is 3. The predicted octanol–water partition coefficient (Wildman–Crippen LogP) is 4.70. The normalized spacial score (nSPS) is 16.2. The molecule has 30 heavy (non-hydrogen) atoms. The molecule has 0 N–H and O–H groups in total. The van der Waals surface area contributed by atoms with Gasteiger partial charge in [-0.1, -0.05) is 35.9 Å². The number of carbonyl (C=O) groups is 1. The minimum Gasteiger partial charge on any atom is -0.331 e. The van der Waals surface area contributed by atoms with Crippen molar-refractivity contribution in [2.24, 2.45) is 4.99 Å². The minimum atomic E-state index is 0.0514. The van der Waals surface area contributed by atoms with Crippen LogP contribution < -0.4 is 0 Å². The Bertz CT molecular complexity index is 1180. The lowest BCUT2D eigenvalue weighted by atomic mass is 9.90. The molecule has 0 fully saturated rings. The van der Waals surface area contributed by atoms with Gasteiger partial charge in [0, 0.05) is 29.6 Å². The smallest absolute Gasteiger partial charge is 0.227 e. The average molecular weight is 396 g/mol. The summed E-state index contributed by atoms with van der Waals surface area (Å²) in [4.78, 5) is 24.1. The zero-order valence-corrected chi connectivity index (χ0v) is 17.6. The highest BCUT2D eigenvalue weighted by atomic mass is 16.2. The van der Waals surface area contributed by atoms with Gasteiger partial charge in [-0.25, -0.2) is 0 Å². The fourth-order valence-electron chi connectivity index (χ4n) is 4.51. The minimum absolute atomic E-state index is 0.0514. The summed E-state index contributed by atoms with van der Waals surface area (Å²) in [5, 5.41) is 0. The number of hydrogen-bond acceptors (Lipinski definition) is 3. The third kappa shape index (κ3) is 3.22. The van der Waals surface area contributed by atoms with E-state index in [9.17, 15) is 4.79 Å². The van der Waals surface area contributed by atoms with Gasteiger partial charge in [0.1, 0.15) is 0 Å². The van der Waals surface area contributed by atoms with Crippen molar-refractivity contribution in [3.63, 3.8) is 0 Å². The molecule has 1 amide bonds. The van der Waals surface area contributed by atoms with Gasteiger partial charge in [-0.15, -0.1) is 0 Å². The second kappa shape index (κ2) is 7.21. The number of aliphatic imine (C=N–C) groups is 1. The van der Waals surface area contributed by atoms with Crippen molar-refractivity contribution < 1.29 is 4.79 Å². The molecule has 4 nitrogen and oxygen atoms in total. The zero-order chi connectivity index (χ0) is 20.8. The Kier molecular flexibility index (Phi) is 4.50. The number of pyridine rings is 1. The van der Waals surface area contributed by atoms with E-state index in [0.717, 1.165) is 22.5 Å². The van der Waals surface area contributed by atoms with E-state index in [2.05, 4.69) is 61.3 Å². The molecular weight excluding hydrogens is 370 g/mol. The van der Waals surface area contributed by atoms with Crippen molar-refractivity contribution in [3.8, 4) is 0 Å². The second-order valence-electron chi connectivity index (χ2n) is 8.41. The van der Waals surface area contributed by atoms with Gasteiger partial charge < -0.3 is 4.90 Å². The molecular formula is C26H25N3O. The van der Waals surface area contributed by atoms with Crippen LogP contribution >= 0.6 is 0 Å². The first kappa shape index (κ1) is 18.7. The molecule has 2 aliphatic rings. The molecule has 0 bridgehead atoms. The Morgan fingerprint density at radius 2 is 1.77 bits per heavy atom. The molecule has 0 saturated carbocycles. The maximum absolute atomic E-state index is 13.0. The number of aryl methyl sites for hydroxylation is 2. The molecule has 1 atom stereocenters. The Labute approximate surface area is 177 Å². The Morgan fingerprint density at radius 3 is 2.53 bits per heavy atom. The fraction of sp³-hybridized carbons (Fsp3) is 0.269. The summed E-state index contributed by atoms with van der Waals surface area (Å²) in [5.41, 5.74) is 10.3. The number of benzene rings is 2. The lowest BCUT2D eigenvalue weighted by molar-refractivity contribution is -0.134. The first-order valence-corrected chi connectivity index (χ1v) is 10.5. The number of nitrogens with zero attached hydrogens (tertiary/aromatic N) is 3. The van der Waals surface area contributed by atoms with Crippen LogP contribution in [0.4, 0.5) is 0 Å². The molecule has 150 valence electrons. The van der Waals surface area contributed by atoms with Crippen LogP contribution in [0, 0.1) is 13.8 Å². The van der Waals surface area contributed by atoms with E-state index in [1.807, 2.05) is 24.1 Å². The SMILES string of the molecule is Cc1ccc(C(C)N2Cc3cc4c(cc3CC2=O)CN=C4c2ccnc(C)c2)cc1. The van der Waals surface area contributed by atoms with Crippen LogP contribution in [0.25, 0.3) is 0 Å². The average Bonchev–Trinajstić information content (AvgIpc) is 3.14. The highest BCUT2D eigenvalue weighted by Gasteiger charge is 2.30. The lowest BCUT2D eigenvalue weighted by Gasteiger charge is -2.34. The van der Waals surface area contributed by atoms with Gasteiger partial charge in [-0.3, -0.25) is 14.8 Å². The maximum Gasteiger partial charge on any atom is 0.227 e. The van der Waals surface area contributed by atoms with E-state index < -0.39 is 0 Å². The molecule has 2 aromatic carbocycles. The number of aromatic nitrogens is 1. The van der Waals surface area contributed by atoms with Crippen molar-refractivity contribution in [2.75, 3.05) is 0 Å². The third-order valence-corrected chi connectivity index (χ3v) is 6.29.